The molecule has 1 aromatic rings. The fraction of sp³-hybridized carbons (Fsp3) is 0.500. The second kappa shape index (κ2) is 7.22. The van der Waals surface area contributed by atoms with Crippen LogP contribution < -0.4 is 0 Å². The highest BCUT2D eigenvalue weighted by Crippen LogP contribution is 2.19. The molecule has 0 aromatic heterocycles. The van der Waals surface area contributed by atoms with E-state index in [9.17, 15) is 14.7 Å². The van der Waals surface area contributed by atoms with Crippen molar-refractivity contribution in [3.63, 3.8) is 0 Å². The van der Waals surface area contributed by atoms with E-state index in [0.717, 1.165) is 24.0 Å². The number of carboxylic acids is 1. The van der Waals surface area contributed by atoms with E-state index in [4.69, 9.17) is 4.74 Å². The third-order valence-corrected chi connectivity index (χ3v) is 3.77. The van der Waals surface area contributed by atoms with Crippen LogP contribution in [-0.2, 0) is 27.4 Å². The van der Waals surface area contributed by atoms with Gasteiger partial charge < -0.3 is 14.7 Å². The number of hydrogen-bond donors (Lipinski definition) is 1. The van der Waals surface area contributed by atoms with E-state index in [-0.39, 0.29) is 12.3 Å². The number of rotatable bonds is 5. The molecular weight excluding hydrogens is 270 g/mol. The van der Waals surface area contributed by atoms with Crippen LogP contribution in [0.2, 0.25) is 0 Å². The first-order valence-electron chi connectivity index (χ1n) is 7.21. The van der Waals surface area contributed by atoms with Gasteiger partial charge in [0.05, 0.1) is 13.0 Å². The van der Waals surface area contributed by atoms with Crippen molar-refractivity contribution in [2.45, 2.75) is 38.3 Å². The van der Waals surface area contributed by atoms with Gasteiger partial charge in [-0.25, -0.2) is 4.79 Å². The first-order chi connectivity index (χ1) is 10.1. The molecule has 0 bridgehead atoms. The molecule has 0 spiro atoms. The summed E-state index contributed by atoms with van der Waals surface area (Å²) in [6.07, 6.45) is 2.52. The SMILES string of the molecule is COCc1cccc(CC(=O)N2CCCC[C@@H]2C(=O)O)c1. The predicted molar refractivity (Wildman–Crippen MR) is 77.8 cm³/mol. The summed E-state index contributed by atoms with van der Waals surface area (Å²) in [5.74, 6) is -1.02. The Labute approximate surface area is 124 Å². The van der Waals surface area contributed by atoms with Crippen LogP contribution in [0.15, 0.2) is 24.3 Å². The van der Waals surface area contributed by atoms with Crippen LogP contribution in [0, 0.1) is 0 Å². The second-order valence-corrected chi connectivity index (χ2v) is 5.37. The van der Waals surface area contributed by atoms with Crippen LogP contribution in [0.5, 0.6) is 0 Å². The molecule has 114 valence electrons. The maximum atomic E-state index is 12.4. The van der Waals surface area contributed by atoms with E-state index in [1.165, 1.54) is 4.90 Å². The topological polar surface area (TPSA) is 66.8 Å². The molecule has 1 N–H and O–H groups in total. The van der Waals surface area contributed by atoms with Crippen molar-refractivity contribution in [1.82, 2.24) is 4.90 Å². The van der Waals surface area contributed by atoms with Crippen molar-refractivity contribution in [3.05, 3.63) is 35.4 Å². The summed E-state index contributed by atoms with van der Waals surface area (Å²) in [5, 5.41) is 9.23. The lowest BCUT2D eigenvalue weighted by atomic mass is 10.0. The number of benzene rings is 1. The molecule has 1 amide bonds. The van der Waals surface area contributed by atoms with Gasteiger partial charge in [0.15, 0.2) is 0 Å². The Morgan fingerprint density at radius 3 is 2.81 bits per heavy atom. The van der Waals surface area contributed by atoms with Gasteiger partial charge in [0.25, 0.3) is 0 Å². The fourth-order valence-corrected chi connectivity index (χ4v) is 2.76. The molecular formula is C16H21NO4. The molecule has 1 aromatic carbocycles. The van der Waals surface area contributed by atoms with Crippen molar-refractivity contribution < 1.29 is 19.4 Å². The van der Waals surface area contributed by atoms with Gasteiger partial charge in [-0.2, -0.15) is 0 Å². The number of likely N-dealkylation sites (tertiary alicyclic amines) is 1. The van der Waals surface area contributed by atoms with Crippen molar-refractivity contribution in [1.29, 1.82) is 0 Å². The predicted octanol–water partition coefficient (Wildman–Crippen LogP) is 1.84. The molecule has 5 nitrogen and oxygen atoms in total. The maximum Gasteiger partial charge on any atom is 0.326 e. The zero-order valence-corrected chi connectivity index (χ0v) is 12.2. The van der Waals surface area contributed by atoms with Gasteiger partial charge in [-0.1, -0.05) is 24.3 Å². The standard InChI is InChI=1S/C16H21NO4/c1-21-11-13-6-4-5-12(9-13)10-15(18)17-8-3-2-7-14(17)16(19)20/h4-6,9,14H,2-3,7-8,10-11H2,1H3,(H,19,20)/t14-/m1/s1. The van der Waals surface area contributed by atoms with Crippen LogP contribution in [0.25, 0.3) is 0 Å². The lowest BCUT2D eigenvalue weighted by Gasteiger charge is -2.33. The quantitative estimate of drug-likeness (QED) is 0.899. The lowest BCUT2D eigenvalue weighted by molar-refractivity contribution is -0.151. The molecule has 1 heterocycles. The molecule has 1 fully saturated rings. The minimum atomic E-state index is -0.906. The first kappa shape index (κ1) is 15.5. The number of piperidine rings is 1. The number of aliphatic carboxylic acids is 1. The maximum absolute atomic E-state index is 12.4. The average Bonchev–Trinajstić information content (AvgIpc) is 2.48. The Bertz CT molecular complexity index is 515. The van der Waals surface area contributed by atoms with E-state index in [0.29, 0.717) is 19.6 Å². The summed E-state index contributed by atoms with van der Waals surface area (Å²) < 4.78 is 5.08. The fourth-order valence-electron chi connectivity index (χ4n) is 2.76. The summed E-state index contributed by atoms with van der Waals surface area (Å²) in [4.78, 5) is 25.1. The molecule has 1 atom stereocenters. The molecule has 1 saturated heterocycles. The van der Waals surface area contributed by atoms with Crippen molar-refractivity contribution in [2.75, 3.05) is 13.7 Å². The molecule has 0 radical (unpaired) electrons. The minimum Gasteiger partial charge on any atom is -0.480 e. The monoisotopic (exact) mass is 291 g/mol. The van der Waals surface area contributed by atoms with Gasteiger partial charge in [0.2, 0.25) is 5.91 Å². The molecule has 5 heteroatoms. The Balaban J connectivity index is 2.05. The number of carboxylic acid groups (broad SMARTS) is 1. The number of nitrogens with zero attached hydrogens (tertiary/aromatic N) is 1. The Kier molecular flexibility index (Phi) is 5.33. The van der Waals surface area contributed by atoms with E-state index in [2.05, 4.69) is 0 Å². The zero-order chi connectivity index (χ0) is 15.2. The molecule has 1 aliphatic rings. The molecule has 21 heavy (non-hydrogen) atoms. The Hall–Kier alpha value is -1.88. The van der Waals surface area contributed by atoms with Crippen LogP contribution >= 0.6 is 0 Å². The highest BCUT2D eigenvalue weighted by Gasteiger charge is 2.31. The summed E-state index contributed by atoms with van der Waals surface area (Å²) in [5.41, 5.74) is 1.90. The third-order valence-electron chi connectivity index (χ3n) is 3.77. The van der Waals surface area contributed by atoms with Crippen molar-refractivity contribution in [2.24, 2.45) is 0 Å². The summed E-state index contributed by atoms with van der Waals surface area (Å²) in [6, 6.07) is 6.98. The summed E-state index contributed by atoms with van der Waals surface area (Å²) >= 11 is 0. The van der Waals surface area contributed by atoms with Crippen LogP contribution in [0.3, 0.4) is 0 Å². The number of ether oxygens (including phenoxy) is 1. The first-order valence-corrected chi connectivity index (χ1v) is 7.21. The number of methoxy groups -OCH3 is 1. The highest BCUT2D eigenvalue weighted by atomic mass is 16.5. The number of carbonyl (C=O) groups is 2. The van der Waals surface area contributed by atoms with Gasteiger partial charge in [-0.05, 0) is 30.4 Å². The van der Waals surface area contributed by atoms with Crippen molar-refractivity contribution >= 4 is 11.9 Å². The lowest BCUT2D eigenvalue weighted by Crippen LogP contribution is -2.48. The number of amides is 1. The number of hydrogen-bond acceptors (Lipinski definition) is 3. The van der Waals surface area contributed by atoms with Gasteiger partial charge in [0.1, 0.15) is 6.04 Å². The molecule has 0 saturated carbocycles. The van der Waals surface area contributed by atoms with Crippen LogP contribution in [0.4, 0.5) is 0 Å². The van der Waals surface area contributed by atoms with E-state index in [1.54, 1.807) is 7.11 Å². The normalized spacial score (nSPS) is 18.5. The number of carbonyl (C=O) groups excluding carboxylic acids is 1. The van der Waals surface area contributed by atoms with Gasteiger partial charge in [0, 0.05) is 13.7 Å². The molecule has 0 unspecified atom stereocenters. The third kappa shape index (κ3) is 4.04. The Morgan fingerprint density at radius 1 is 1.33 bits per heavy atom. The summed E-state index contributed by atoms with van der Waals surface area (Å²) in [7, 11) is 1.63. The second-order valence-electron chi connectivity index (χ2n) is 5.37. The largest absolute Gasteiger partial charge is 0.480 e. The van der Waals surface area contributed by atoms with Gasteiger partial charge in [-0.15, -0.1) is 0 Å². The average molecular weight is 291 g/mol. The van der Waals surface area contributed by atoms with Gasteiger partial charge in [-0.3, -0.25) is 4.79 Å². The van der Waals surface area contributed by atoms with E-state index in [1.807, 2.05) is 24.3 Å². The minimum absolute atomic E-state index is 0.114. The molecule has 1 aliphatic heterocycles. The summed E-state index contributed by atoms with van der Waals surface area (Å²) in [6.45, 7) is 1.04. The van der Waals surface area contributed by atoms with E-state index >= 15 is 0 Å². The smallest absolute Gasteiger partial charge is 0.326 e. The van der Waals surface area contributed by atoms with Crippen LogP contribution in [-0.4, -0.2) is 41.6 Å². The van der Waals surface area contributed by atoms with Crippen molar-refractivity contribution in [3.8, 4) is 0 Å². The molecule has 0 aliphatic carbocycles. The Morgan fingerprint density at radius 2 is 2.10 bits per heavy atom. The van der Waals surface area contributed by atoms with Crippen LogP contribution in [0.1, 0.15) is 30.4 Å². The highest BCUT2D eigenvalue weighted by molar-refractivity contribution is 5.85. The molecule has 2 rings (SSSR count). The van der Waals surface area contributed by atoms with E-state index < -0.39 is 12.0 Å². The zero-order valence-electron chi connectivity index (χ0n) is 12.2. The van der Waals surface area contributed by atoms with Gasteiger partial charge >= 0.3 is 5.97 Å².